The topological polar surface area (TPSA) is 56.7 Å². The fourth-order valence-corrected chi connectivity index (χ4v) is 1.70. The molecule has 8 heteroatoms. The molecular formula is C6H8BrF3N4. The zero-order valence-corrected chi connectivity index (χ0v) is 8.80. The van der Waals surface area contributed by atoms with Crippen molar-refractivity contribution in [3.63, 3.8) is 0 Å². The van der Waals surface area contributed by atoms with E-state index in [1.165, 1.54) is 11.7 Å². The SMILES string of the molecule is Cn1nnc(Br)c1C(N)CC(F)(F)F. The van der Waals surface area contributed by atoms with Gasteiger partial charge in [0, 0.05) is 7.05 Å². The molecule has 1 atom stereocenters. The molecule has 0 aromatic carbocycles. The third kappa shape index (κ3) is 2.68. The number of hydrogen-bond acceptors (Lipinski definition) is 3. The van der Waals surface area contributed by atoms with Gasteiger partial charge in [0.15, 0.2) is 4.60 Å². The second kappa shape index (κ2) is 3.85. The number of alkyl halides is 3. The molecule has 0 saturated carbocycles. The van der Waals surface area contributed by atoms with Gasteiger partial charge in [0.05, 0.1) is 18.2 Å². The van der Waals surface area contributed by atoms with Gasteiger partial charge in [0.2, 0.25) is 0 Å². The lowest BCUT2D eigenvalue weighted by atomic mass is 10.1. The number of rotatable bonds is 2. The van der Waals surface area contributed by atoms with E-state index < -0.39 is 18.6 Å². The molecule has 1 aromatic heterocycles. The fourth-order valence-electron chi connectivity index (χ4n) is 1.08. The lowest BCUT2D eigenvalue weighted by Crippen LogP contribution is -2.22. The lowest BCUT2D eigenvalue weighted by Gasteiger charge is -2.13. The highest BCUT2D eigenvalue weighted by atomic mass is 79.9. The number of aromatic nitrogens is 3. The summed E-state index contributed by atoms with van der Waals surface area (Å²) in [7, 11) is 1.49. The summed E-state index contributed by atoms with van der Waals surface area (Å²) in [5.41, 5.74) is 5.61. The summed E-state index contributed by atoms with van der Waals surface area (Å²) in [6, 6.07) is -1.15. The van der Waals surface area contributed by atoms with Crippen LogP contribution in [0.1, 0.15) is 18.2 Å². The van der Waals surface area contributed by atoms with E-state index in [1.54, 1.807) is 0 Å². The Morgan fingerprint density at radius 1 is 1.57 bits per heavy atom. The zero-order valence-electron chi connectivity index (χ0n) is 7.22. The van der Waals surface area contributed by atoms with Crippen LogP contribution in [0.2, 0.25) is 0 Å². The second-order valence-corrected chi connectivity index (χ2v) is 3.57. The number of nitrogens with two attached hydrogens (primary N) is 1. The molecule has 0 aliphatic carbocycles. The van der Waals surface area contributed by atoms with Gasteiger partial charge in [-0.3, -0.25) is 0 Å². The van der Waals surface area contributed by atoms with E-state index in [4.69, 9.17) is 5.73 Å². The monoisotopic (exact) mass is 272 g/mol. The number of nitrogens with zero attached hydrogens (tertiary/aromatic N) is 3. The van der Waals surface area contributed by atoms with Gasteiger partial charge in [-0.15, -0.1) is 5.10 Å². The van der Waals surface area contributed by atoms with E-state index in [1.807, 2.05) is 0 Å². The van der Waals surface area contributed by atoms with Gasteiger partial charge in [0.25, 0.3) is 0 Å². The van der Waals surface area contributed by atoms with Gasteiger partial charge in [-0.25, -0.2) is 4.68 Å². The van der Waals surface area contributed by atoms with Crippen LogP contribution in [-0.2, 0) is 7.05 Å². The molecule has 0 aliphatic rings. The maximum Gasteiger partial charge on any atom is 0.390 e. The van der Waals surface area contributed by atoms with Crippen LogP contribution in [0.3, 0.4) is 0 Å². The molecule has 0 saturated heterocycles. The lowest BCUT2D eigenvalue weighted by molar-refractivity contribution is -0.138. The van der Waals surface area contributed by atoms with Crippen LogP contribution in [0.5, 0.6) is 0 Å². The van der Waals surface area contributed by atoms with Crippen molar-refractivity contribution in [1.82, 2.24) is 15.0 Å². The van der Waals surface area contributed by atoms with Gasteiger partial charge >= 0.3 is 6.18 Å². The molecule has 0 fully saturated rings. The summed E-state index contributed by atoms with van der Waals surface area (Å²) in [5.74, 6) is 0. The predicted octanol–water partition coefficient (Wildman–Crippen LogP) is 1.53. The van der Waals surface area contributed by atoms with Crippen LogP contribution >= 0.6 is 15.9 Å². The normalized spacial score (nSPS) is 14.4. The molecule has 1 heterocycles. The van der Waals surface area contributed by atoms with Gasteiger partial charge < -0.3 is 5.73 Å². The van der Waals surface area contributed by atoms with Crippen LogP contribution < -0.4 is 5.73 Å². The van der Waals surface area contributed by atoms with Crippen molar-refractivity contribution in [2.75, 3.05) is 0 Å². The number of hydrogen-bond donors (Lipinski definition) is 1. The molecule has 0 spiro atoms. The van der Waals surface area contributed by atoms with Crippen molar-refractivity contribution >= 4 is 15.9 Å². The smallest absolute Gasteiger partial charge is 0.322 e. The Hall–Kier alpha value is -0.630. The highest BCUT2D eigenvalue weighted by Gasteiger charge is 2.33. The van der Waals surface area contributed by atoms with Gasteiger partial charge in [0.1, 0.15) is 0 Å². The van der Waals surface area contributed by atoms with E-state index >= 15 is 0 Å². The summed E-state index contributed by atoms with van der Waals surface area (Å²) >= 11 is 2.98. The first-order valence-electron chi connectivity index (χ1n) is 3.68. The Morgan fingerprint density at radius 3 is 2.50 bits per heavy atom. The average molecular weight is 273 g/mol. The molecule has 14 heavy (non-hydrogen) atoms. The van der Waals surface area contributed by atoms with E-state index in [0.717, 1.165) is 0 Å². The summed E-state index contributed by atoms with van der Waals surface area (Å²) in [5, 5.41) is 7.09. The van der Waals surface area contributed by atoms with Crippen LogP contribution in [0.25, 0.3) is 0 Å². The van der Waals surface area contributed by atoms with Crippen LogP contribution in [0, 0.1) is 0 Å². The zero-order chi connectivity index (χ0) is 10.9. The molecular weight excluding hydrogens is 265 g/mol. The molecule has 4 nitrogen and oxygen atoms in total. The highest BCUT2D eigenvalue weighted by Crippen LogP contribution is 2.29. The van der Waals surface area contributed by atoms with Crippen LogP contribution in [0.15, 0.2) is 4.60 Å². The molecule has 1 aromatic rings. The quantitative estimate of drug-likeness (QED) is 0.889. The summed E-state index contributed by atoms with van der Waals surface area (Å²) in [6.45, 7) is 0. The van der Waals surface area contributed by atoms with Crippen LogP contribution in [-0.4, -0.2) is 21.2 Å². The molecule has 2 N–H and O–H groups in total. The van der Waals surface area contributed by atoms with E-state index in [2.05, 4.69) is 26.2 Å². The maximum absolute atomic E-state index is 12.0. The Morgan fingerprint density at radius 2 is 2.14 bits per heavy atom. The molecule has 0 radical (unpaired) electrons. The average Bonchev–Trinajstić information content (AvgIpc) is 2.27. The first-order chi connectivity index (χ1) is 6.31. The minimum Gasteiger partial charge on any atom is -0.322 e. The van der Waals surface area contributed by atoms with Crippen molar-refractivity contribution in [3.8, 4) is 0 Å². The summed E-state index contributed by atoms with van der Waals surface area (Å²) in [6.07, 6.45) is -5.38. The van der Waals surface area contributed by atoms with Gasteiger partial charge in [-0.1, -0.05) is 5.21 Å². The third-order valence-corrected chi connectivity index (χ3v) is 2.19. The minimum absolute atomic E-state index is 0.238. The molecule has 0 bridgehead atoms. The summed E-state index contributed by atoms with van der Waals surface area (Å²) in [4.78, 5) is 0. The van der Waals surface area contributed by atoms with Gasteiger partial charge in [-0.05, 0) is 15.9 Å². The molecule has 0 amide bonds. The highest BCUT2D eigenvalue weighted by molar-refractivity contribution is 9.10. The molecule has 1 unspecified atom stereocenters. The minimum atomic E-state index is -4.29. The third-order valence-electron chi connectivity index (χ3n) is 1.63. The standard InChI is InChI=1S/C6H8BrF3N4/c1-14-4(5(7)12-13-14)3(11)2-6(8,9)10/h3H,2,11H2,1H3. The van der Waals surface area contributed by atoms with Crippen LogP contribution in [0.4, 0.5) is 13.2 Å². The first-order valence-corrected chi connectivity index (χ1v) is 4.48. The molecule has 0 aliphatic heterocycles. The van der Waals surface area contributed by atoms with E-state index in [0.29, 0.717) is 0 Å². The Labute approximate surface area is 86.4 Å². The summed E-state index contributed by atoms with van der Waals surface area (Å²) < 4.78 is 37.5. The largest absolute Gasteiger partial charge is 0.390 e. The van der Waals surface area contributed by atoms with Crippen molar-refractivity contribution < 1.29 is 13.2 Å². The van der Waals surface area contributed by atoms with Crippen molar-refractivity contribution in [3.05, 3.63) is 10.3 Å². The van der Waals surface area contributed by atoms with E-state index in [9.17, 15) is 13.2 Å². The van der Waals surface area contributed by atoms with Crippen molar-refractivity contribution in [1.29, 1.82) is 0 Å². The number of aryl methyl sites for hydroxylation is 1. The van der Waals surface area contributed by atoms with Crippen molar-refractivity contribution in [2.24, 2.45) is 12.8 Å². The first kappa shape index (κ1) is 11.4. The Balaban J connectivity index is 2.84. The molecule has 1 rings (SSSR count). The fraction of sp³-hybridized carbons (Fsp3) is 0.667. The predicted molar refractivity (Wildman–Crippen MR) is 46.3 cm³/mol. The van der Waals surface area contributed by atoms with Gasteiger partial charge in [-0.2, -0.15) is 13.2 Å². The number of halogens is 4. The Bertz CT molecular complexity index is 302. The Kier molecular flexibility index (Phi) is 3.15. The van der Waals surface area contributed by atoms with Crippen molar-refractivity contribution in [2.45, 2.75) is 18.6 Å². The maximum atomic E-state index is 12.0. The van der Waals surface area contributed by atoms with E-state index in [-0.39, 0.29) is 10.3 Å². The second-order valence-electron chi connectivity index (χ2n) is 2.81. The molecule has 80 valence electrons.